The van der Waals surface area contributed by atoms with E-state index in [1.807, 2.05) is 53.7 Å². The van der Waals surface area contributed by atoms with Gasteiger partial charge in [0, 0.05) is 18.6 Å². The van der Waals surface area contributed by atoms with Crippen LogP contribution in [0.4, 0.5) is 0 Å². The highest BCUT2D eigenvalue weighted by molar-refractivity contribution is 5.94. The van der Waals surface area contributed by atoms with Gasteiger partial charge in [0.05, 0.1) is 0 Å². The highest BCUT2D eigenvalue weighted by atomic mass is 16.4. The van der Waals surface area contributed by atoms with E-state index in [1.54, 1.807) is 0 Å². The molecule has 0 atom stereocenters. The summed E-state index contributed by atoms with van der Waals surface area (Å²) in [6.45, 7) is 12.1. The minimum atomic E-state index is -1.25. The summed E-state index contributed by atoms with van der Waals surface area (Å²) < 4.78 is 0. The normalized spacial score (nSPS) is 12.1. The Labute approximate surface area is 165 Å². The Morgan fingerprint density at radius 1 is 0.929 bits per heavy atom. The van der Waals surface area contributed by atoms with Gasteiger partial charge in [-0.2, -0.15) is 0 Å². The molecule has 0 saturated carbocycles. The summed E-state index contributed by atoms with van der Waals surface area (Å²) in [7, 11) is 0. The zero-order valence-electron chi connectivity index (χ0n) is 17.3. The van der Waals surface area contributed by atoms with Crippen LogP contribution in [-0.4, -0.2) is 28.0 Å². The Morgan fingerprint density at radius 2 is 1.43 bits per heavy atom. The van der Waals surface area contributed by atoms with E-state index in [1.165, 1.54) is 0 Å². The lowest BCUT2D eigenvalue weighted by Gasteiger charge is -2.28. The van der Waals surface area contributed by atoms with E-state index in [9.17, 15) is 19.5 Å². The number of carbonyl (C=O) groups is 3. The van der Waals surface area contributed by atoms with Gasteiger partial charge in [-0.15, -0.1) is 0 Å². The molecule has 7 nitrogen and oxygen atoms in total. The van der Waals surface area contributed by atoms with Gasteiger partial charge in [0.25, 0.3) is 5.91 Å². The first-order valence-corrected chi connectivity index (χ1v) is 9.08. The number of benzene rings is 1. The third-order valence-electron chi connectivity index (χ3n) is 4.13. The first kappa shape index (κ1) is 23.2. The molecule has 0 saturated heterocycles. The molecule has 0 fully saturated rings. The Bertz CT molecular complexity index is 748. The molecule has 4 N–H and O–H groups in total. The maximum atomic E-state index is 12.0. The Hall–Kier alpha value is -2.83. The van der Waals surface area contributed by atoms with E-state index >= 15 is 0 Å². The van der Waals surface area contributed by atoms with Gasteiger partial charge in [0.2, 0.25) is 5.91 Å². The lowest BCUT2D eigenvalue weighted by atomic mass is 9.78. The molecular weight excluding hydrogens is 360 g/mol. The van der Waals surface area contributed by atoms with Crippen LogP contribution in [0.3, 0.4) is 0 Å². The Kier molecular flexibility index (Phi) is 7.38. The number of carbonyl (C=O) groups excluding carboxylic acids is 2. The third kappa shape index (κ3) is 7.06. The van der Waals surface area contributed by atoms with Crippen molar-refractivity contribution in [2.75, 3.05) is 0 Å². The highest BCUT2D eigenvalue weighted by Gasteiger charge is 2.26. The molecule has 1 aromatic rings. The van der Waals surface area contributed by atoms with E-state index in [4.69, 9.17) is 5.11 Å². The maximum absolute atomic E-state index is 12.0. The number of hydrogen-bond donors (Lipinski definition) is 4. The molecule has 0 spiro atoms. The first-order valence-electron chi connectivity index (χ1n) is 9.08. The van der Waals surface area contributed by atoms with Gasteiger partial charge < -0.3 is 10.2 Å². The molecule has 0 radical (unpaired) electrons. The molecule has 1 rings (SSSR count). The van der Waals surface area contributed by atoms with Crippen LogP contribution in [-0.2, 0) is 31.6 Å². The second-order valence-electron chi connectivity index (χ2n) is 8.75. The number of aromatic hydroxyl groups is 1. The average molecular weight is 390 g/mol. The van der Waals surface area contributed by atoms with Gasteiger partial charge >= 0.3 is 5.97 Å². The second-order valence-corrected chi connectivity index (χ2v) is 8.75. The zero-order valence-corrected chi connectivity index (χ0v) is 17.3. The van der Waals surface area contributed by atoms with E-state index in [-0.39, 0.29) is 23.0 Å². The van der Waals surface area contributed by atoms with Crippen molar-refractivity contribution in [1.29, 1.82) is 0 Å². The van der Waals surface area contributed by atoms with Crippen LogP contribution in [0.1, 0.15) is 64.7 Å². The van der Waals surface area contributed by atoms with Crippen molar-refractivity contribution >= 4 is 17.8 Å². The molecule has 1 aromatic carbocycles. The average Bonchev–Trinajstić information content (AvgIpc) is 2.54. The highest BCUT2D eigenvalue weighted by Crippen LogP contribution is 2.39. The standard InChI is InChI=1S/C21H30N2O5/c1-20(2,3)14-11-13(12-15(19(14)28)21(4,5)6)7-8-16(24)22-23-17(25)9-10-18(26)27/h9-12,28H,7-8H2,1-6H3,(H,22,24)(H,23,25)(H,26,27)/b10-9+. The number of hydrazine groups is 1. The number of aryl methyl sites for hydroxylation is 1. The summed E-state index contributed by atoms with van der Waals surface area (Å²) in [6, 6.07) is 3.82. The van der Waals surface area contributed by atoms with Crippen LogP contribution in [0.5, 0.6) is 5.75 Å². The van der Waals surface area contributed by atoms with E-state index in [0.29, 0.717) is 12.5 Å². The topological polar surface area (TPSA) is 116 Å². The fraction of sp³-hybridized carbons (Fsp3) is 0.476. The maximum Gasteiger partial charge on any atom is 0.328 e. The van der Waals surface area contributed by atoms with Crippen LogP contribution in [0.15, 0.2) is 24.3 Å². The summed E-state index contributed by atoms with van der Waals surface area (Å²) in [5, 5.41) is 19.2. The Balaban J connectivity index is 2.88. The smallest absolute Gasteiger partial charge is 0.328 e. The molecule has 7 heteroatoms. The van der Waals surface area contributed by atoms with Crippen molar-refractivity contribution in [3.8, 4) is 5.75 Å². The third-order valence-corrected chi connectivity index (χ3v) is 4.13. The van der Waals surface area contributed by atoms with Crippen LogP contribution >= 0.6 is 0 Å². The van der Waals surface area contributed by atoms with Crippen molar-refractivity contribution in [3.63, 3.8) is 0 Å². The summed E-state index contributed by atoms with van der Waals surface area (Å²) in [5.41, 5.74) is 6.42. The van der Waals surface area contributed by atoms with E-state index < -0.39 is 17.8 Å². The molecule has 28 heavy (non-hydrogen) atoms. The first-order chi connectivity index (χ1) is 12.7. The van der Waals surface area contributed by atoms with Crippen molar-refractivity contribution in [2.24, 2.45) is 0 Å². The van der Waals surface area contributed by atoms with Gasteiger partial charge in [-0.1, -0.05) is 53.7 Å². The largest absolute Gasteiger partial charge is 0.507 e. The molecule has 0 bridgehead atoms. The minimum absolute atomic E-state index is 0.126. The number of carboxylic acids is 1. The van der Waals surface area contributed by atoms with Crippen molar-refractivity contribution < 1.29 is 24.6 Å². The zero-order chi connectivity index (χ0) is 21.7. The van der Waals surface area contributed by atoms with Crippen LogP contribution < -0.4 is 10.9 Å². The predicted molar refractivity (Wildman–Crippen MR) is 107 cm³/mol. The quantitative estimate of drug-likeness (QED) is 0.456. The predicted octanol–water partition coefficient (Wildman–Crippen LogP) is 2.71. The summed E-state index contributed by atoms with van der Waals surface area (Å²) in [6.07, 6.45) is 2.05. The number of phenols is 1. The summed E-state index contributed by atoms with van der Waals surface area (Å²) >= 11 is 0. The summed E-state index contributed by atoms with van der Waals surface area (Å²) in [4.78, 5) is 33.7. The Morgan fingerprint density at radius 3 is 1.86 bits per heavy atom. The number of phenolic OH excluding ortho intramolecular Hbond substituents is 1. The number of hydrogen-bond acceptors (Lipinski definition) is 4. The van der Waals surface area contributed by atoms with Crippen LogP contribution in [0.25, 0.3) is 0 Å². The molecule has 154 valence electrons. The molecule has 0 unspecified atom stereocenters. The number of amides is 2. The van der Waals surface area contributed by atoms with Gasteiger partial charge in [-0.3, -0.25) is 20.4 Å². The molecular formula is C21H30N2O5. The van der Waals surface area contributed by atoms with Gasteiger partial charge in [0.15, 0.2) is 0 Å². The molecule has 0 aliphatic heterocycles. The molecule has 2 amide bonds. The molecule has 0 aromatic heterocycles. The number of nitrogens with one attached hydrogen (secondary N) is 2. The van der Waals surface area contributed by atoms with Gasteiger partial charge in [0.1, 0.15) is 5.75 Å². The van der Waals surface area contributed by atoms with E-state index in [2.05, 4.69) is 10.9 Å². The SMILES string of the molecule is CC(C)(C)c1cc(CCC(=O)NNC(=O)/C=C/C(=O)O)cc(C(C)(C)C)c1O. The number of rotatable bonds is 5. The minimum Gasteiger partial charge on any atom is -0.507 e. The van der Waals surface area contributed by atoms with Crippen LogP contribution in [0, 0.1) is 0 Å². The fourth-order valence-corrected chi connectivity index (χ4v) is 2.62. The molecule has 0 aliphatic carbocycles. The van der Waals surface area contributed by atoms with Crippen LogP contribution in [0.2, 0.25) is 0 Å². The summed E-state index contributed by atoms with van der Waals surface area (Å²) in [5.74, 6) is -2.10. The van der Waals surface area contributed by atoms with Crippen molar-refractivity contribution in [3.05, 3.63) is 41.0 Å². The number of aliphatic carboxylic acids is 1. The molecule has 0 heterocycles. The second kappa shape index (κ2) is 8.91. The lowest BCUT2D eigenvalue weighted by Crippen LogP contribution is -2.40. The lowest BCUT2D eigenvalue weighted by molar-refractivity contribution is -0.131. The number of carboxylic acid groups (broad SMARTS) is 1. The fourth-order valence-electron chi connectivity index (χ4n) is 2.62. The monoisotopic (exact) mass is 390 g/mol. The molecule has 0 aliphatic rings. The van der Waals surface area contributed by atoms with Crippen molar-refractivity contribution in [2.45, 2.75) is 65.2 Å². The van der Waals surface area contributed by atoms with E-state index in [0.717, 1.165) is 22.8 Å². The van der Waals surface area contributed by atoms with Crippen molar-refractivity contribution in [1.82, 2.24) is 10.9 Å². The van der Waals surface area contributed by atoms with Gasteiger partial charge in [-0.05, 0) is 33.9 Å². The van der Waals surface area contributed by atoms with Gasteiger partial charge in [-0.25, -0.2) is 4.79 Å².